The maximum Gasteiger partial charge on any atom is 0.404 e. The third-order valence-corrected chi connectivity index (χ3v) is 3.86. The van der Waals surface area contributed by atoms with Crippen molar-refractivity contribution < 1.29 is 18.0 Å². The van der Waals surface area contributed by atoms with Crippen molar-refractivity contribution in [1.29, 1.82) is 0 Å². The molecule has 1 aromatic heterocycles. The number of nitrogens with zero attached hydrogens (tertiary/aromatic N) is 2. The van der Waals surface area contributed by atoms with Crippen molar-refractivity contribution >= 4 is 5.91 Å². The highest BCUT2D eigenvalue weighted by Gasteiger charge is 2.62. The van der Waals surface area contributed by atoms with Crippen molar-refractivity contribution in [1.82, 2.24) is 15.2 Å². The van der Waals surface area contributed by atoms with E-state index in [2.05, 4.69) is 10.3 Å². The lowest BCUT2D eigenvalue weighted by Gasteiger charge is -2.34. The van der Waals surface area contributed by atoms with Gasteiger partial charge in [-0.25, -0.2) is 0 Å². The predicted molar refractivity (Wildman–Crippen MR) is 71.3 cm³/mol. The Morgan fingerprint density at radius 2 is 2.24 bits per heavy atom. The number of halogens is 3. The number of aromatic nitrogens is 1. The van der Waals surface area contributed by atoms with Gasteiger partial charge in [0, 0.05) is 19.3 Å². The van der Waals surface area contributed by atoms with Gasteiger partial charge in [-0.3, -0.25) is 9.78 Å². The van der Waals surface area contributed by atoms with Gasteiger partial charge in [0.25, 0.3) is 0 Å². The summed E-state index contributed by atoms with van der Waals surface area (Å²) in [6, 6.07) is 5.17. The third kappa shape index (κ3) is 3.02. The Hall–Kier alpha value is -1.63. The van der Waals surface area contributed by atoms with E-state index in [9.17, 15) is 18.0 Å². The molecule has 1 atom stereocenters. The van der Waals surface area contributed by atoms with Crippen LogP contribution in [-0.2, 0) is 11.3 Å². The minimum Gasteiger partial charge on any atom is -0.336 e. The smallest absolute Gasteiger partial charge is 0.336 e. The number of alkyl halides is 3. The van der Waals surface area contributed by atoms with Gasteiger partial charge >= 0.3 is 6.18 Å². The average molecular weight is 301 g/mol. The second-order valence-electron chi connectivity index (χ2n) is 5.15. The zero-order valence-electron chi connectivity index (χ0n) is 11.8. The van der Waals surface area contributed by atoms with Gasteiger partial charge in [0.2, 0.25) is 5.91 Å². The van der Waals surface area contributed by atoms with E-state index in [-0.39, 0.29) is 32.6 Å². The van der Waals surface area contributed by atoms with Crippen LogP contribution in [0.3, 0.4) is 0 Å². The second-order valence-corrected chi connectivity index (χ2v) is 5.15. The summed E-state index contributed by atoms with van der Waals surface area (Å²) < 4.78 is 40.2. The summed E-state index contributed by atoms with van der Waals surface area (Å²) in [5, 5.41) is 2.66. The maximum atomic E-state index is 13.4. The van der Waals surface area contributed by atoms with E-state index < -0.39 is 17.5 Å². The molecule has 0 bridgehead atoms. The maximum absolute atomic E-state index is 13.4. The zero-order valence-corrected chi connectivity index (χ0v) is 11.8. The van der Waals surface area contributed by atoms with Gasteiger partial charge in [-0.15, -0.1) is 0 Å². The molecule has 2 rings (SSSR count). The van der Waals surface area contributed by atoms with E-state index in [1.165, 1.54) is 4.90 Å². The standard InChI is InChI=1S/C14H18F3N3O/c1-2-20(9-11-5-3-4-7-19-11)12(21)13(14(15,16)17)6-8-18-10-13/h3-5,7,18H,2,6,8-10H2,1H3. The zero-order chi connectivity index (χ0) is 15.5. The summed E-state index contributed by atoms with van der Waals surface area (Å²) in [4.78, 5) is 17.8. The van der Waals surface area contributed by atoms with Gasteiger partial charge in [-0.2, -0.15) is 13.2 Å². The molecule has 21 heavy (non-hydrogen) atoms. The molecule has 1 aromatic rings. The minimum atomic E-state index is -4.55. The van der Waals surface area contributed by atoms with Gasteiger partial charge in [0.15, 0.2) is 5.41 Å². The summed E-state index contributed by atoms with van der Waals surface area (Å²) >= 11 is 0. The number of nitrogens with one attached hydrogen (secondary N) is 1. The molecular formula is C14H18F3N3O. The highest BCUT2D eigenvalue weighted by atomic mass is 19.4. The van der Waals surface area contributed by atoms with Crippen LogP contribution in [0.25, 0.3) is 0 Å². The highest BCUT2D eigenvalue weighted by molar-refractivity contribution is 5.84. The number of hydrogen-bond acceptors (Lipinski definition) is 3. The van der Waals surface area contributed by atoms with Crippen LogP contribution in [-0.4, -0.2) is 41.6 Å². The first-order valence-electron chi connectivity index (χ1n) is 6.87. The summed E-state index contributed by atoms with van der Waals surface area (Å²) in [7, 11) is 0. The molecule has 7 heteroatoms. The van der Waals surface area contributed by atoms with Crippen LogP contribution in [0, 0.1) is 5.41 Å². The van der Waals surface area contributed by atoms with Gasteiger partial charge < -0.3 is 10.2 Å². The first kappa shape index (κ1) is 15.8. The van der Waals surface area contributed by atoms with Crippen molar-refractivity contribution in [2.45, 2.75) is 26.1 Å². The molecule has 0 aliphatic carbocycles. The molecular weight excluding hydrogens is 283 g/mol. The lowest BCUT2D eigenvalue weighted by molar-refractivity contribution is -0.222. The van der Waals surface area contributed by atoms with Crippen LogP contribution in [0.5, 0.6) is 0 Å². The van der Waals surface area contributed by atoms with Crippen LogP contribution >= 0.6 is 0 Å². The molecule has 0 aromatic carbocycles. The Labute approximate surface area is 121 Å². The molecule has 0 spiro atoms. The van der Waals surface area contributed by atoms with Crippen LogP contribution in [0.4, 0.5) is 13.2 Å². The number of pyridine rings is 1. The molecule has 1 N–H and O–H groups in total. The van der Waals surface area contributed by atoms with Crippen LogP contribution in [0.15, 0.2) is 24.4 Å². The van der Waals surface area contributed by atoms with Gasteiger partial charge in [-0.1, -0.05) is 6.07 Å². The number of carbonyl (C=O) groups is 1. The average Bonchev–Trinajstić information content (AvgIpc) is 2.95. The van der Waals surface area contributed by atoms with Crippen molar-refractivity contribution in [2.24, 2.45) is 5.41 Å². The summed E-state index contributed by atoms with van der Waals surface area (Å²) in [6.45, 7) is 1.83. The molecule has 1 amide bonds. The fourth-order valence-electron chi connectivity index (χ4n) is 2.55. The SMILES string of the molecule is CCN(Cc1ccccn1)C(=O)C1(C(F)(F)F)CCNC1. The number of amides is 1. The van der Waals surface area contributed by atoms with Crippen molar-refractivity contribution in [3.05, 3.63) is 30.1 Å². The number of rotatable bonds is 4. The first-order chi connectivity index (χ1) is 9.90. The molecule has 116 valence electrons. The summed E-state index contributed by atoms with van der Waals surface area (Å²) in [5.41, 5.74) is -1.73. The van der Waals surface area contributed by atoms with E-state index in [4.69, 9.17) is 0 Å². The quantitative estimate of drug-likeness (QED) is 0.925. The van der Waals surface area contributed by atoms with Crippen LogP contribution in [0.2, 0.25) is 0 Å². The van der Waals surface area contributed by atoms with Crippen molar-refractivity contribution in [3.63, 3.8) is 0 Å². The molecule has 0 radical (unpaired) electrons. The topological polar surface area (TPSA) is 45.2 Å². The summed E-state index contributed by atoms with van der Waals surface area (Å²) in [6.07, 6.45) is -3.20. The van der Waals surface area contributed by atoms with Gasteiger partial charge in [0.05, 0.1) is 12.2 Å². The highest BCUT2D eigenvalue weighted by Crippen LogP contribution is 2.44. The first-order valence-corrected chi connectivity index (χ1v) is 6.87. The summed E-state index contributed by atoms with van der Waals surface area (Å²) in [5.74, 6) is -0.867. The minimum absolute atomic E-state index is 0.0913. The molecule has 1 unspecified atom stereocenters. The predicted octanol–water partition coefficient (Wildman–Crippen LogP) is 1.97. The van der Waals surface area contributed by atoms with E-state index in [0.29, 0.717) is 5.69 Å². The van der Waals surface area contributed by atoms with E-state index in [1.807, 2.05) is 0 Å². The van der Waals surface area contributed by atoms with Crippen LogP contribution < -0.4 is 5.32 Å². The monoisotopic (exact) mass is 301 g/mol. The molecule has 1 aliphatic rings. The Morgan fingerprint density at radius 3 is 2.71 bits per heavy atom. The fourth-order valence-corrected chi connectivity index (χ4v) is 2.55. The molecule has 2 heterocycles. The molecule has 4 nitrogen and oxygen atoms in total. The largest absolute Gasteiger partial charge is 0.404 e. The Bertz CT molecular complexity index is 484. The van der Waals surface area contributed by atoms with Gasteiger partial charge in [0.1, 0.15) is 0 Å². The molecule has 1 saturated heterocycles. The lowest BCUT2D eigenvalue weighted by Crippen LogP contribution is -2.53. The lowest BCUT2D eigenvalue weighted by atomic mass is 9.84. The van der Waals surface area contributed by atoms with E-state index in [1.54, 1.807) is 31.3 Å². The molecule has 1 fully saturated rings. The third-order valence-electron chi connectivity index (χ3n) is 3.86. The van der Waals surface area contributed by atoms with Crippen molar-refractivity contribution in [2.75, 3.05) is 19.6 Å². The number of hydrogen-bond donors (Lipinski definition) is 1. The van der Waals surface area contributed by atoms with Gasteiger partial charge in [-0.05, 0) is 32.0 Å². The fraction of sp³-hybridized carbons (Fsp3) is 0.571. The van der Waals surface area contributed by atoms with Crippen LogP contribution in [0.1, 0.15) is 19.0 Å². The Balaban J connectivity index is 2.22. The Morgan fingerprint density at radius 1 is 1.48 bits per heavy atom. The van der Waals surface area contributed by atoms with E-state index >= 15 is 0 Å². The number of carbonyl (C=O) groups excluding carboxylic acids is 1. The molecule has 0 saturated carbocycles. The normalized spacial score (nSPS) is 22.3. The molecule has 1 aliphatic heterocycles. The second kappa shape index (κ2) is 6.01. The van der Waals surface area contributed by atoms with E-state index in [0.717, 1.165) is 0 Å². The Kier molecular flexibility index (Phi) is 4.51. The van der Waals surface area contributed by atoms with Crippen molar-refractivity contribution in [3.8, 4) is 0 Å².